The van der Waals surface area contributed by atoms with Crippen LogP contribution in [0.25, 0.3) is 0 Å². The maximum Gasteiger partial charge on any atom is 0.191 e. The summed E-state index contributed by atoms with van der Waals surface area (Å²) in [6.07, 6.45) is 0. The summed E-state index contributed by atoms with van der Waals surface area (Å²) in [5.74, 6) is 2.57. The van der Waals surface area contributed by atoms with Gasteiger partial charge in [0.1, 0.15) is 11.6 Å². The Morgan fingerprint density at radius 1 is 1.35 bits per heavy atom. The van der Waals surface area contributed by atoms with E-state index in [1.165, 1.54) is 5.56 Å². The number of hydrogen-bond acceptors (Lipinski definition) is 5. The van der Waals surface area contributed by atoms with Crippen molar-refractivity contribution < 1.29 is 4.74 Å². The van der Waals surface area contributed by atoms with Gasteiger partial charge in [0.15, 0.2) is 5.16 Å². The first kappa shape index (κ1) is 14.9. The summed E-state index contributed by atoms with van der Waals surface area (Å²) < 4.78 is 7.75. The normalized spacial score (nSPS) is 10.8. The lowest BCUT2D eigenvalue weighted by atomic mass is 10.2. The molecule has 1 heterocycles. The van der Waals surface area contributed by atoms with E-state index in [0.29, 0.717) is 13.2 Å². The minimum Gasteiger partial charge on any atom is -0.493 e. The Morgan fingerprint density at radius 2 is 2.20 bits per heavy atom. The van der Waals surface area contributed by atoms with Crippen molar-refractivity contribution in [2.75, 3.05) is 12.4 Å². The van der Waals surface area contributed by atoms with E-state index in [1.54, 1.807) is 11.8 Å². The maximum absolute atomic E-state index is 5.71. The van der Waals surface area contributed by atoms with Crippen LogP contribution in [-0.2, 0) is 13.1 Å². The number of aryl methyl sites for hydroxylation is 1. The monoisotopic (exact) mass is 292 g/mol. The van der Waals surface area contributed by atoms with Crippen molar-refractivity contribution in [3.8, 4) is 5.75 Å². The molecule has 6 heteroatoms. The first-order chi connectivity index (χ1) is 9.74. The SMILES string of the molecule is CCn1c(CN)nnc1SCCOc1cccc(C)c1. The molecule has 2 rings (SSSR count). The Morgan fingerprint density at radius 3 is 2.90 bits per heavy atom. The number of hydrogen-bond donors (Lipinski definition) is 1. The van der Waals surface area contributed by atoms with Gasteiger partial charge in [0.25, 0.3) is 0 Å². The van der Waals surface area contributed by atoms with Crippen LogP contribution in [-0.4, -0.2) is 27.1 Å². The minimum atomic E-state index is 0.418. The summed E-state index contributed by atoms with van der Waals surface area (Å²) in [6, 6.07) is 8.06. The average Bonchev–Trinajstić information content (AvgIpc) is 2.85. The number of nitrogens with zero attached hydrogens (tertiary/aromatic N) is 3. The summed E-state index contributed by atoms with van der Waals surface area (Å²) >= 11 is 1.64. The van der Waals surface area contributed by atoms with Gasteiger partial charge in [0.05, 0.1) is 13.2 Å². The molecule has 0 amide bonds. The highest BCUT2D eigenvalue weighted by molar-refractivity contribution is 7.99. The Labute approximate surface area is 123 Å². The maximum atomic E-state index is 5.71. The molecule has 0 bridgehead atoms. The third-order valence-corrected chi connectivity index (χ3v) is 3.80. The highest BCUT2D eigenvalue weighted by atomic mass is 32.2. The molecule has 20 heavy (non-hydrogen) atoms. The van der Waals surface area contributed by atoms with Crippen molar-refractivity contribution in [3.63, 3.8) is 0 Å². The lowest BCUT2D eigenvalue weighted by molar-refractivity contribution is 0.343. The van der Waals surface area contributed by atoms with Gasteiger partial charge in [-0.15, -0.1) is 10.2 Å². The molecule has 0 fully saturated rings. The van der Waals surface area contributed by atoms with E-state index in [-0.39, 0.29) is 0 Å². The summed E-state index contributed by atoms with van der Waals surface area (Å²) in [6.45, 7) is 6.01. The Balaban J connectivity index is 1.83. The van der Waals surface area contributed by atoms with Crippen LogP contribution in [0.5, 0.6) is 5.75 Å². The van der Waals surface area contributed by atoms with Crippen molar-refractivity contribution in [1.82, 2.24) is 14.8 Å². The van der Waals surface area contributed by atoms with E-state index < -0.39 is 0 Å². The Kier molecular flexibility index (Phi) is 5.43. The van der Waals surface area contributed by atoms with Crippen LogP contribution in [0, 0.1) is 6.92 Å². The fourth-order valence-electron chi connectivity index (χ4n) is 1.89. The molecule has 0 saturated carbocycles. The van der Waals surface area contributed by atoms with E-state index in [2.05, 4.69) is 30.1 Å². The van der Waals surface area contributed by atoms with Crippen LogP contribution in [0.3, 0.4) is 0 Å². The molecule has 0 saturated heterocycles. The largest absolute Gasteiger partial charge is 0.493 e. The smallest absolute Gasteiger partial charge is 0.191 e. The van der Waals surface area contributed by atoms with Crippen LogP contribution in [0.15, 0.2) is 29.4 Å². The van der Waals surface area contributed by atoms with Crippen molar-refractivity contribution in [3.05, 3.63) is 35.7 Å². The molecule has 0 spiro atoms. The van der Waals surface area contributed by atoms with Crippen LogP contribution in [0.1, 0.15) is 18.3 Å². The van der Waals surface area contributed by atoms with Gasteiger partial charge < -0.3 is 15.0 Å². The second kappa shape index (κ2) is 7.31. The standard InChI is InChI=1S/C14H20N4OS/c1-3-18-13(10-15)16-17-14(18)20-8-7-19-12-6-4-5-11(2)9-12/h4-6,9H,3,7-8,10,15H2,1-2H3. The van der Waals surface area contributed by atoms with E-state index in [1.807, 2.05) is 22.8 Å². The van der Waals surface area contributed by atoms with Gasteiger partial charge in [-0.3, -0.25) is 0 Å². The van der Waals surface area contributed by atoms with Crippen LogP contribution >= 0.6 is 11.8 Å². The molecule has 0 aliphatic carbocycles. The fourth-order valence-corrected chi connectivity index (χ4v) is 2.73. The molecule has 1 aromatic heterocycles. The lowest BCUT2D eigenvalue weighted by Gasteiger charge is -2.07. The van der Waals surface area contributed by atoms with Crippen LogP contribution in [0.4, 0.5) is 0 Å². The second-order valence-electron chi connectivity index (χ2n) is 4.36. The number of rotatable bonds is 7. The second-order valence-corrected chi connectivity index (χ2v) is 5.42. The lowest BCUT2D eigenvalue weighted by Crippen LogP contribution is -2.08. The van der Waals surface area contributed by atoms with Gasteiger partial charge in [-0.2, -0.15) is 0 Å². The van der Waals surface area contributed by atoms with Gasteiger partial charge in [-0.1, -0.05) is 23.9 Å². The number of ether oxygens (including phenoxy) is 1. The van der Waals surface area contributed by atoms with Gasteiger partial charge in [0.2, 0.25) is 0 Å². The van der Waals surface area contributed by atoms with Gasteiger partial charge in [0, 0.05) is 12.3 Å². The van der Waals surface area contributed by atoms with Crippen LogP contribution in [0.2, 0.25) is 0 Å². The molecule has 0 aliphatic rings. The molecule has 0 aliphatic heterocycles. The molecule has 0 unspecified atom stereocenters. The summed E-state index contributed by atoms with van der Waals surface area (Å²) in [5.41, 5.74) is 6.83. The minimum absolute atomic E-state index is 0.418. The number of benzene rings is 1. The van der Waals surface area contributed by atoms with Crippen molar-refractivity contribution in [1.29, 1.82) is 0 Å². The average molecular weight is 292 g/mol. The molecule has 0 atom stereocenters. The van der Waals surface area contributed by atoms with Crippen molar-refractivity contribution >= 4 is 11.8 Å². The highest BCUT2D eigenvalue weighted by Crippen LogP contribution is 2.18. The number of nitrogens with two attached hydrogens (primary N) is 1. The van der Waals surface area contributed by atoms with Crippen molar-refractivity contribution in [2.45, 2.75) is 32.1 Å². The third kappa shape index (κ3) is 3.74. The molecule has 2 N–H and O–H groups in total. The van der Waals surface area contributed by atoms with Gasteiger partial charge in [-0.05, 0) is 31.5 Å². The predicted octanol–water partition coefficient (Wildman–Crippen LogP) is 2.24. The summed E-state index contributed by atoms with van der Waals surface area (Å²) in [7, 11) is 0. The van der Waals surface area contributed by atoms with E-state index >= 15 is 0 Å². The van der Waals surface area contributed by atoms with E-state index in [4.69, 9.17) is 10.5 Å². The zero-order chi connectivity index (χ0) is 14.4. The van der Waals surface area contributed by atoms with Gasteiger partial charge in [-0.25, -0.2) is 0 Å². The molecule has 5 nitrogen and oxygen atoms in total. The summed E-state index contributed by atoms with van der Waals surface area (Å²) in [4.78, 5) is 0. The molecule has 108 valence electrons. The van der Waals surface area contributed by atoms with Crippen molar-refractivity contribution in [2.24, 2.45) is 5.73 Å². The summed E-state index contributed by atoms with van der Waals surface area (Å²) in [5, 5.41) is 9.14. The molecular weight excluding hydrogens is 272 g/mol. The van der Waals surface area contributed by atoms with Crippen LogP contribution < -0.4 is 10.5 Å². The van der Waals surface area contributed by atoms with E-state index in [9.17, 15) is 0 Å². The Bertz CT molecular complexity index is 556. The number of aromatic nitrogens is 3. The first-order valence-corrected chi connectivity index (χ1v) is 7.67. The zero-order valence-electron chi connectivity index (χ0n) is 11.9. The predicted molar refractivity (Wildman–Crippen MR) is 81.0 cm³/mol. The molecular formula is C14H20N4OS. The molecule has 2 aromatic rings. The first-order valence-electron chi connectivity index (χ1n) is 6.69. The fraction of sp³-hybridized carbons (Fsp3) is 0.429. The number of thioether (sulfide) groups is 1. The highest BCUT2D eigenvalue weighted by Gasteiger charge is 2.09. The zero-order valence-corrected chi connectivity index (χ0v) is 12.7. The molecule has 0 radical (unpaired) electrons. The van der Waals surface area contributed by atoms with E-state index in [0.717, 1.165) is 29.0 Å². The Hall–Kier alpha value is -1.53. The van der Waals surface area contributed by atoms with Gasteiger partial charge >= 0.3 is 0 Å². The molecule has 1 aromatic carbocycles. The quantitative estimate of drug-likeness (QED) is 0.626. The third-order valence-electron chi connectivity index (χ3n) is 2.87. The topological polar surface area (TPSA) is 66.0 Å².